The van der Waals surface area contributed by atoms with Gasteiger partial charge in [0.2, 0.25) is 0 Å². The molecule has 2 aromatic carbocycles. The lowest BCUT2D eigenvalue weighted by Crippen LogP contribution is -2.26. The average Bonchev–Trinajstić information content (AvgIpc) is 2.69. The van der Waals surface area contributed by atoms with Crippen molar-refractivity contribution >= 4 is 17.3 Å². The van der Waals surface area contributed by atoms with Gasteiger partial charge in [-0.2, -0.15) is 10.4 Å². The molecule has 0 radical (unpaired) electrons. The van der Waals surface area contributed by atoms with Gasteiger partial charge in [0.25, 0.3) is 5.91 Å². The molecular weight excluding hydrogens is 332 g/mol. The first kappa shape index (κ1) is 18.8. The summed E-state index contributed by atoms with van der Waals surface area (Å²) in [6, 6.07) is 16.4. The Bertz CT molecular complexity index is 810. The van der Waals surface area contributed by atoms with Crippen LogP contribution in [0.4, 0.5) is 5.69 Å². The Hall–Kier alpha value is -3.53. The minimum absolute atomic E-state index is 0.00166. The Kier molecular flexibility index (Phi) is 7.01. The predicted octanol–water partition coefficient (Wildman–Crippen LogP) is 2.55. The van der Waals surface area contributed by atoms with Crippen LogP contribution in [0, 0.1) is 11.3 Å². The minimum atomic E-state index is -0.274. The maximum Gasteiger partial charge on any atom is 0.259 e. The average molecular weight is 352 g/mol. The van der Waals surface area contributed by atoms with E-state index in [2.05, 4.69) is 15.8 Å². The number of rotatable bonds is 8. The summed E-state index contributed by atoms with van der Waals surface area (Å²) in [5.74, 6) is 0.996. The van der Waals surface area contributed by atoms with Crippen LogP contribution >= 0.6 is 0 Å². The summed E-state index contributed by atoms with van der Waals surface area (Å²) in [6.07, 6.45) is 0. The molecule has 134 valence electrons. The minimum Gasteiger partial charge on any atom is -0.495 e. The second kappa shape index (κ2) is 9.69. The topological polar surface area (TPSA) is 95.7 Å². The molecule has 0 bridgehead atoms. The van der Waals surface area contributed by atoms with Crippen molar-refractivity contribution in [2.45, 2.75) is 6.92 Å². The SMILES string of the molecule is COc1ccccc1NCC(=O)N/N=C(/C)c1ccc(OCC#N)cc1. The summed E-state index contributed by atoms with van der Waals surface area (Å²) in [5, 5.41) is 15.6. The number of hydrogen-bond acceptors (Lipinski definition) is 6. The van der Waals surface area contributed by atoms with Crippen LogP contribution in [0.2, 0.25) is 0 Å². The highest BCUT2D eigenvalue weighted by atomic mass is 16.5. The number of nitrogens with zero attached hydrogens (tertiary/aromatic N) is 2. The van der Waals surface area contributed by atoms with E-state index in [0.29, 0.717) is 17.2 Å². The van der Waals surface area contributed by atoms with Crippen molar-refractivity contribution in [1.82, 2.24) is 5.43 Å². The molecule has 0 aliphatic heterocycles. The number of amides is 1. The maximum atomic E-state index is 12.0. The van der Waals surface area contributed by atoms with Crippen molar-refractivity contribution in [2.24, 2.45) is 5.10 Å². The Morgan fingerprint density at radius 2 is 1.92 bits per heavy atom. The number of carbonyl (C=O) groups excluding carboxylic acids is 1. The van der Waals surface area contributed by atoms with Gasteiger partial charge in [-0.05, 0) is 48.9 Å². The molecule has 0 saturated heterocycles. The number of methoxy groups -OCH3 is 1. The predicted molar refractivity (Wildman–Crippen MR) is 99.4 cm³/mol. The third kappa shape index (κ3) is 5.53. The van der Waals surface area contributed by atoms with E-state index < -0.39 is 0 Å². The number of hydrogen-bond donors (Lipinski definition) is 2. The van der Waals surface area contributed by atoms with E-state index >= 15 is 0 Å². The fourth-order valence-electron chi connectivity index (χ4n) is 2.12. The second-order valence-electron chi connectivity index (χ2n) is 5.26. The zero-order chi connectivity index (χ0) is 18.8. The molecule has 0 unspecified atom stereocenters. The number of nitriles is 1. The van der Waals surface area contributed by atoms with E-state index in [1.807, 2.05) is 42.5 Å². The summed E-state index contributed by atoms with van der Waals surface area (Å²) in [5.41, 5.74) is 4.74. The fraction of sp³-hybridized carbons (Fsp3) is 0.211. The van der Waals surface area contributed by atoms with E-state index in [-0.39, 0.29) is 19.1 Å². The van der Waals surface area contributed by atoms with Gasteiger partial charge >= 0.3 is 0 Å². The van der Waals surface area contributed by atoms with Gasteiger partial charge in [0.05, 0.1) is 25.1 Å². The third-order valence-corrected chi connectivity index (χ3v) is 3.47. The van der Waals surface area contributed by atoms with Crippen molar-refractivity contribution in [1.29, 1.82) is 5.26 Å². The number of para-hydroxylation sites is 2. The van der Waals surface area contributed by atoms with Gasteiger partial charge in [-0.3, -0.25) is 4.79 Å². The standard InChI is InChI=1S/C19H20N4O3/c1-14(15-7-9-16(10-8-15)26-12-11-20)22-23-19(24)13-21-17-5-3-4-6-18(17)25-2/h3-10,21H,12-13H2,1-2H3,(H,23,24)/b22-14-. The summed E-state index contributed by atoms with van der Waals surface area (Å²) in [4.78, 5) is 12.0. The molecule has 0 heterocycles. The largest absolute Gasteiger partial charge is 0.495 e. The molecule has 2 rings (SSSR count). The van der Waals surface area contributed by atoms with Gasteiger partial charge in [-0.15, -0.1) is 0 Å². The zero-order valence-corrected chi connectivity index (χ0v) is 14.7. The molecule has 7 nitrogen and oxygen atoms in total. The molecule has 2 aromatic rings. The smallest absolute Gasteiger partial charge is 0.259 e. The van der Waals surface area contributed by atoms with Gasteiger partial charge in [0.15, 0.2) is 6.61 Å². The number of carbonyl (C=O) groups is 1. The van der Waals surface area contributed by atoms with E-state index in [1.165, 1.54) is 0 Å². The monoisotopic (exact) mass is 352 g/mol. The zero-order valence-electron chi connectivity index (χ0n) is 14.7. The first-order valence-corrected chi connectivity index (χ1v) is 7.94. The van der Waals surface area contributed by atoms with Crippen LogP contribution in [0.25, 0.3) is 0 Å². The first-order valence-electron chi connectivity index (χ1n) is 7.94. The molecule has 0 fully saturated rings. The molecule has 0 spiro atoms. The summed E-state index contributed by atoms with van der Waals surface area (Å²) >= 11 is 0. The van der Waals surface area contributed by atoms with E-state index in [0.717, 1.165) is 11.3 Å². The lowest BCUT2D eigenvalue weighted by atomic mass is 10.1. The van der Waals surface area contributed by atoms with Gasteiger partial charge in [0.1, 0.15) is 17.6 Å². The van der Waals surface area contributed by atoms with Gasteiger partial charge in [-0.1, -0.05) is 12.1 Å². The molecule has 0 atom stereocenters. The quantitative estimate of drug-likeness (QED) is 0.562. The summed E-state index contributed by atoms with van der Waals surface area (Å²) in [7, 11) is 1.57. The van der Waals surface area contributed by atoms with Crippen molar-refractivity contribution < 1.29 is 14.3 Å². The normalized spacial score (nSPS) is 10.6. The van der Waals surface area contributed by atoms with Gasteiger partial charge in [-0.25, -0.2) is 5.43 Å². The highest BCUT2D eigenvalue weighted by Crippen LogP contribution is 2.22. The van der Waals surface area contributed by atoms with E-state index in [4.69, 9.17) is 14.7 Å². The lowest BCUT2D eigenvalue weighted by molar-refractivity contribution is -0.119. The molecule has 0 aliphatic carbocycles. The van der Waals surface area contributed by atoms with E-state index in [1.54, 1.807) is 26.2 Å². The van der Waals surface area contributed by atoms with Crippen LogP contribution in [-0.2, 0) is 4.79 Å². The molecule has 7 heteroatoms. The highest BCUT2D eigenvalue weighted by molar-refractivity contribution is 5.99. The van der Waals surface area contributed by atoms with Crippen molar-refractivity contribution in [2.75, 3.05) is 25.6 Å². The second-order valence-corrected chi connectivity index (χ2v) is 5.26. The molecule has 0 saturated carbocycles. The van der Waals surface area contributed by atoms with Gasteiger partial charge in [0, 0.05) is 0 Å². The Balaban J connectivity index is 1.87. The van der Waals surface area contributed by atoms with Crippen LogP contribution in [0.1, 0.15) is 12.5 Å². The molecule has 0 aromatic heterocycles. The van der Waals surface area contributed by atoms with Crippen LogP contribution < -0.4 is 20.2 Å². The Morgan fingerprint density at radius 3 is 2.62 bits per heavy atom. The molecular formula is C19H20N4O3. The van der Waals surface area contributed by atoms with Crippen LogP contribution in [0.3, 0.4) is 0 Å². The van der Waals surface area contributed by atoms with Crippen LogP contribution in [-0.4, -0.2) is 31.9 Å². The number of anilines is 1. The molecule has 1 amide bonds. The molecule has 26 heavy (non-hydrogen) atoms. The third-order valence-electron chi connectivity index (χ3n) is 3.47. The maximum absolute atomic E-state index is 12.0. The number of benzene rings is 2. The Labute approximate surface area is 152 Å². The fourth-order valence-corrected chi connectivity index (χ4v) is 2.12. The number of hydrazone groups is 1. The van der Waals surface area contributed by atoms with Crippen LogP contribution in [0.5, 0.6) is 11.5 Å². The molecule has 2 N–H and O–H groups in total. The van der Waals surface area contributed by atoms with Crippen molar-refractivity contribution in [3.05, 3.63) is 54.1 Å². The van der Waals surface area contributed by atoms with Crippen molar-refractivity contribution in [3.63, 3.8) is 0 Å². The summed E-state index contributed by atoms with van der Waals surface area (Å²) < 4.78 is 10.4. The highest BCUT2D eigenvalue weighted by Gasteiger charge is 2.05. The van der Waals surface area contributed by atoms with Gasteiger partial charge < -0.3 is 14.8 Å². The lowest BCUT2D eigenvalue weighted by Gasteiger charge is -2.10. The van der Waals surface area contributed by atoms with Crippen molar-refractivity contribution in [3.8, 4) is 17.6 Å². The number of nitrogens with one attached hydrogen (secondary N) is 2. The first-order chi connectivity index (χ1) is 12.6. The Morgan fingerprint density at radius 1 is 1.19 bits per heavy atom. The number of ether oxygens (including phenoxy) is 2. The van der Waals surface area contributed by atoms with E-state index in [9.17, 15) is 4.79 Å². The van der Waals surface area contributed by atoms with Crippen LogP contribution in [0.15, 0.2) is 53.6 Å². The molecule has 0 aliphatic rings. The summed E-state index contributed by atoms with van der Waals surface area (Å²) in [6.45, 7) is 1.86.